The van der Waals surface area contributed by atoms with Crippen LogP contribution in [0.1, 0.15) is 64.2 Å². The van der Waals surface area contributed by atoms with E-state index in [2.05, 4.69) is 5.92 Å². The third-order valence-corrected chi connectivity index (χ3v) is 3.51. The number of aliphatic hydroxyl groups excluding tert-OH is 1. The molecule has 1 rings (SSSR count). The average molecular weight is 208 g/mol. The Bertz CT molecular complexity index is 192. The van der Waals surface area contributed by atoms with Crippen molar-refractivity contribution in [3.8, 4) is 12.3 Å². The number of hydrogen-bond acceptors (Lipinski definition) is 1. The molecule has 86 valence electrons. The molecule has 1 aliphatic carbocycles. The molecule has 0 amide bonds. The predicted octanol–water partition coefficient (Wildman–Crippen LogP) is 3.51. The summed E-state index contributed by atoms with van der Waals surface area (Å²) in [4.78, 5) is 0. The first kappa shape index (κ1) is 12.6. The first-order valence-corrected chi connectivity index (χ1v) is 6.46. The van der Waals surface area contributed by atoms with Crippen molar-refractivity contribution in [3.05, 3.63) is 0 Å². The van der Waals surface area contributed by atoms with Crippen molar-refractivity contribution in [2.45, 2.75) is 70.3 Å². The summed E-state index contributed by atoms with van der Waals surface area (Å²) < 4.78 is 0. The van der Waals surface area contributed by atoms with Crippen LogP contribution in [0.25, 0.3) is 0 Å². The van der Waals surface area contributed by atoms with Gasteiger partial charge >= 0.3 is 0 Å². The minimum Gasteiger partial charge on any atom is -0.393 e. The lowest BCUT2D eigenvalue weighted by atomic mass is 9.83. The molecule has 0 spiro atoms. The Labute approximate surface area is 94.3 Å². The fourth-order valence-corrected chi connectivity index (χ4v) is 2.51. The molecule has 0 aromatic rings. The molecule has 0 bridgehead atoms. The van der Waals surface area contributed by atoms with Crippen molar-refractivity contribution in [2.75, 3.05) is 0 Å². The molecule has 0 radical (unpaired) electrons. The van der Waals surface area contributed by atoms with Gasteiger partial charge in [0.15, 0.2) is 0 Å². The molecule has 0 aliphatic heterocycles. The molecular weight excluding hydrogens is 184 g/mol. The van der Waals surface area contributed by atoms with Gasteiger partial charge in [0.25, 0.3) is 0 Å². The van der Waals surface area contributed by atoms with Gasteiger partial charge in [-0.1, -0.05) is 32.1 Å². The number of hydrogen-bond donors (Lipinski definition) is 1. The maximum Gasteiger partial charge on any atom is 0.0568 e. The molecule has 1 heteroatoms. The summed E-state index contributed by atoms with van der Waals surface area (Å²) in [7, 11) is 0. The summed E-state index contributed by atoms with van der Waals surface area (Å²) >= 11 is 0. The van der Waals surface area contributed by atoms with E-state index in [1.54, 1.807) is 0 Å². The van der Waals surface area contributed by atoms with E-state index in [-0.39, 0.29) is 6.10 Å². The summed E-state index contributed by atoms with van der Waals surface area (Å²) in [5.41, 5.74) is 0. The van der Waals surface area contributed by atoms with Crippen molar-refractivity contribution in [2.24, 2.45) is 5.92 Å². The zero-order valence-electron chi connectivity index (χ0n) is 9.75. The SMILES string of the molecule is C#CCCCCCC[C@H]1CCCC[C@H]1O. The van der Waals surface area contributed by atoms with Crippen LogP contribution in [0.5, 0.6) is 0 Å². The summed E-state index contributed by atoms with van der Waals surface area (Å²) in [5.74, 6) is 3.26. The van der Waals surface area contributed by atoms with Crippen LogP contribution in [0, 0.1) is 18.3 Å². The number of terminal acetylenes is 1. The van der Waals surface area contributed by atoms with Gasteiger partial charge in [0.05, 0.1) is 6.10 Å². The van der Waals surface area contributed by atoms with Crippen molar-refractivity contribution in [3.63, 3.8) is 0 Å². The van der Waals surface area contributed by atoms with Crippen LogP contribution >= 0.6 is 0 Å². The first-order chi connectivity index (χ1) is 7.34. The van der Waals surface area contributed by atoms with Crippen LogP contribution in [-0.4, -0.2) is 11.2 Å². The molecular formula is C14H24O. The Hall–Kier alpha value is -0.480. The minimum absolute atomic E-state index is 0.00976. The molecule has 1 N–H and O–H groups in total. The Morgan fingerprint density at radius 3 is 2.53 bits per heavy atom. The summed E-state index contributed by atoms with van der Waals surface area (Å²) in [6.07, 6.45) is 17.1. The molecule has 15 heavy (non-hydrogen) atoms. The van der Waals surface area contributed by atoms with Gasteiger partial charge in [-0.25, -0.2) is 0 Å². The van der Waals surface area contributed by atoms with Gasteiger partial charge in [0, 0.05) is 6.42 Å². The quantitative estimate of drug-likeness (QED) is 0.523. The van der Waals surface area contributed by atoms with E-state index in [0.717, 1.165) is 12.8 Å². The topological polar surface area (TPSA) is 20.2 Å². The molecule has 1 fully saturated rings. The molecule has 0 saturated heterocycles. The second-order valence-electron chi connectivity index (χ2n) is 4.77. The van der Waals surface area contributed by atoms with Crippen molar-refractivity contribution < 1.29 is 5.11 Å². The number of aliphatic hydroxyl groups is 1. The van der Waals surface area contributed by atoms with Crippen LogP contribution in [0.4, 0.5) is 0 Å². The number of rotatable bonds is 6. The van der Waals surface area contributed by atoms with Gasteiger partial charge < -0.3 is 5.11 Å². The van der Waals surface area contributed by atoms with Crippen LogP contribution in [0.3, 0.4) is 0 Å². The molecule has 1 aliphatic rings. The van der Waals surface area contributed by atoms with E-state index >= 15 is 0 Å². The highest BCUT2D eigenvalue weighted by atomic mass is 16.3. The van der Waals surface area contributed by atoms with E-state index in [9.17, 15) is 5.11 Å². The fourth-order valence-electron chi connectivity index (χ4n) is 2.51. The highest BCUT2D eigenvalue weighted by Crippen LogP contribution is 2.28. The lowest BCUT2D eigenvalue weighted by molar-refractivity contribution is 0.0639. The first-order valence-electron chi connectivity index (χ1n) is 6.46. The van der Waals surface area contributed by atoms with Gasteiger partial charge in [-0.2, -0.15) is 0 Å². The van der Waals surface area contributed by atoms with Gasteiger partial charge in [-0.3, -0.25) is 0 Å². The third-order valence-electron chi connectivity index (χ3n) is 3.51. The highest BCUT2D eigenvalue weighted by molar-refractivity contribution is 4.82. The Morgan fingerprint density at radius 2 is 1.80 bits per heavy atom. The molecule has 0 aromatic carbocycles. The Kier molecular flexibility index (Phi) is 6.52. The Balaban J connectivity index is 1.97. The molecule has 0 unspecified atom stereocenters. The monoisotopic (exact) mass is 208 g/mol. The van der Waals surface area contributed by atoms with Crippen LogP contribution in [0.15, 0.2) is 0 Å². The zero-order valence-corrected chi connectivity index (χ0v) is 9.75. The van der Waals surface area contributed by atoms with Crippen molar-refractivity contribution in [1.29, 1.82) is 0 Å². The molecule has 1 saturated carbocycles. The van der Waals surface area contributed by atoms with E-state index in [1.165, 1.54) is 51.4 Å². The van der Waals surface area contributed by atoms with Gasteiger partial charge in [-0.05, 0) is 31.6 Å². The van der Waals surface area contributed by atoms with Gasteiger partial charge in [0.2, 0.25) is 0 Å². The van der Waals surface area contributed by atoms with Crippen LogP contribution < -0.4 is 0 Å². The summed E-state index contributed by atoms with van der Waals surface area (Å²) in [6.45, 7) is 0. The van der Waals surface area contributed by atoms with E-state index in [0.29, 0.717) is 5.92 Å². The second kappa shape index (κ2) is 7.77. The molecule has 0 aromatic heterocycles. The van der Waals surface area contributed by atoms with Crippen molar-refractivity contribution in [1.82, 2.24) is 0 Å². The van der Waals surface area contributed by atoms with Crippen LogP contribution in [-0.2, 0) is 0 Å². The lowest BCUT2D eigenvalue weighted by Gasteiger charge is -2.27. The average Bonchev–Trinajstić information content (AvgIpc) is 2.25. The van der Waals surface area contributed by atoms with E-state index in [1.807, 2.05) is 0 Å². The largest absolute Gasteiger partial charge is 0.393 e. The van der Waals surface area contributed by atoms with Crippen molar-refractivity contribution >= 4 is 0 Å². The zero-order chi connectivity index (χ0) is 10.9. The standard InChI is InChI=1S/C14H24O/c1-2-3-4-5-6-7-10-13-11-8-9-12-14(13)15/h1,13-15H,3-12H2/t13-,14+/m0/s1. The smallest absolute Gasteiger partial charge is 0.0568 e. The molecule has 0 heterocycles. The maximum absolute atomic E-state index is 9.78. The highest BCUT2D eigenvalue weighted by Gasteiger charge is 2.21. The second-order valence-corrected chi connectivity index (χ2v) is 4.77. The normalized spacial score (nSPS) is 26.1. The minimum atomic E-state index is -0.00976. The third kappa shape index (κ3) is 5.23. The summed E-state index contributed by atoms with van der Waals surface area (Å²) in [6, 6.07) is 0. The number of unbranched alkanes of at least 4 members (excludes halogenated alkanes) is 4. The van der Waals surface area contributed by atoms with Crippen LogP contribution in [0.2, 0.25) is 0 Å². The molecule has 1 nitrogen and oxygen atoms in total. The predicted molar refractivity (Wildman–Crippen MR) is 64.5 cm³/mol. The molecule has 2 atom stereocenters. The van der Waals surface area contributed by atoms with Gasteiger partial charge in [-0.15, -0.1) is 12.3 Å². The fraction of sp³-hybridized carbons (Fsp3) is 0.857. The van der Waals surface area contributed by atoms with E-state index < -0.39 is 0 Å². The maximum atomic E-state index is 9.78. The Morgan fingerprint density at radius 1 is 1.07 bits per heavy atom. The van der Waals surface area contributed by atoms with Gasteiger partial charge in [0.1, 0.15) is 0 Å². The summed E-state index contributed by atoms with van der Waals surface area (Å²) in [5, 5.41) is 9.78. The van der Waals surface area contributed by atoms with E-state index in [4.69, 9.17) is 6.42 Å². The lowest BCUT2D eigenvalue weighted by Crippen LogP contribution is -2.24.